The van der Waals surface area contributed by atoms with Gasteiger partial charge in [-0.15, -0.1) is 0 Å². The van der Waals surface area contributed by atoms with E-state index in [4.69, 9.17) is 0 Å². The molecule has 0 aliphatic heterocycles. The minimum absolute atomic E-state index is 0.0599. The molecule has 1 aliphatic rings. The largest absolute Gasteiger partial charge is 0.391 e. The van der Waals surface area contributed by atoms with Gasteiger partial charge in [0.25, 0.3) is 0 Å². The van der Waals surface area contributed by atoms with Crippen molar-refractivity contribution in [3.8, 4) is 0 Å². The maximum atomic E-state index is 12.2. The summed E-state index contributed by atoms with van der Waals surface area (Å²) in [6, 6.07) is -0.0599. The fourth-order valence-electron chi connectivity index (χ4n) is 1.70. The van der Waals surface area contributed by atoms with Gasteiger partial charge in [0.15, 0.2) is 0 Å². The zero-order valence-electron chi connectivity index (χ0n) is 7.75. The van der Waals surface area contributed by atoms with Gasteiger partial charge in [-0.1, -0.05) is 0 Å². The van der Waals surface area contributed by atoms with E-state index in [9.17, 15) is 13.2 Å². The molecule has 14 heavy (non-hydrogen) atoms. The van der Waals surface area contributed by atoms with Crippen LogP contribution in [0.1, 0.15) is 24.4 Å². The van der Waals surface area contributed by atoms with Crippen molar-refractivity contribution in [3.05, 3.63) is 18.0 Å². The number of aryl methyl sites for hydroxylation is 1. The second-order valence-electron chi connectivity index (χ2n) is 3.86. The fourth-order valence-corrected chi connectivity index (χ4v) is 1.70. The van der Waals surface area contributed by atoms with Gasteiger partial charge in [0, 0.05) is 6.20 Å². The first-order valence-corrected chi connectivity index (χ1v) is 4.54. The van der Waals surface area contributed by atoms with Crippen LogP contribution in [0.2, 0.25) is 0 Å². The number of rotatable bonds is 1. The Morgan fingerprint density at radius 3 is 2.50 bits per heavy atom. The number of aromatic nitrogens is 2. The summed E-state index contributed by atoms with van der Waals surface area (Å²) in [4.78, 5) is 0. The Bertz CT molecular complexity index is 323. The Balaban J connectivity index is 1.95. The Morgan fingerprint density at radius 2 is 2.07 bits per heavy atom. The highest BCUT2D eigenvalue weighted by Crippen LogP contribution is 2.46. The molecule has 0 aromatic carbocycles. The maximum absolute atomic E-state index is 12.2. The van der Waals surface area contributed by atoms with Crippen molar-refractivity contribution in [3.63, 3.8) is 0 Å². The third-order valence-electron chi connectivity index (χ3n) is 2.68. The highest BCUT2D eigenvalue weighted by molar-refractivity contribution is 5.02. The van der Waals surface area contributed by atoms with Crippen LogP contribution in [0.25, 0.3) is 0 Å². The van der Waals surface area contributed by atoms with Crippen LogP contribution in [-0.2, 0) is 0 Å². The van der Waals surface area contributed by atoms with Crippen molar-refractivity contribution < 1.29 is 13.2 Å². The second kappa shape index (κ2) is 3.00. The van der Waals surface area contributed by atoms with Gasteiger partial charge in [-0.05, 0) is 25.3 Å². The van der Waals surface area contributed by atoms with Gasteiger partial charge >= 0.3 is 6.18 Å². The predicted octanol–water partition coefficient (Wildman–Crippen LogP) is 2.70. The third-order valence-corrected chi connectivity index (χ3v) is 2.68. The topological polar surface area (TPSA) is 17.8 Å². The Labute approximate surface area is 79.7 Å². The summed E-state index contributed by atoms with van der Waals surface area (Å²) in [6.45, 7) is 1.88. The minimum Gasteiger partial charge on any atom is -0.269 e. The molecule has 0 radical (unpaired) electrons. The lowest BCUT2D eigenvalue weighted by atomic mass is 9.80. The number of alkyl halides is 3. The molecule has 5 heteroatoms. The van der Waals surface area contributed by atoms with E-state index >= 15 is 0 Å². The van der Waals surface area contributed by atoms with Crippen molar-refractivity contribution >= 4 is 0 Å². The molecule has 2 nitrogen and oxygen atoms in total. The van der Waals surface area contributed by atoms with Crippen LogP contribution in [0.5, 0.6) is 0 Å². The number of hydrogen-bond acceptors (Lipinski definition) is 1. The summed E-state index contributed by atoms with van der Waals surface area (Å²) in [5.41, 5.74) is 0.987. The predicted molar refractivity (Wildman–Crippen MR) is 44.8 cm³/mol. The molecule has 0 atom stereocenters. The molecule has 0 spiro atoms. The van der Waals surface area contributed by atoms with Crippen LogP contribution in [0.3, 0.4) is 0 Å². The number of hydrogen-bond donors (Lipinski definition) is 0. The van der Waals surface area contributed by atoms with Crippen LogP contribution >= 0.6 is 0 Å². The first kappa shape index (κ1) is 9.55. The molecule has 1 aliphatic carbocycles. The molecule has 78 valence electrons. The molecule has 0 amide bonds. The third kappa shape index (κ3) is 1.63. The van der Waals surface area contributed by atoms with Gasteiger partial charge in [-0.2, -0.15) is 18.3 Å². The number of nitrogens with zero attached hydrogens (tertiary/aromatic N) is 2. The zero-order valence-corrected chi connectivity index (χ0v) is 7.75. The molecule has 1 aromatic rings. The molecule has 0 N–H and O–H groups in total. The van der Waals surface area contributed by atoms with Crippen molar-refractivity contribution in [1.29, 1.82) is 0 Å². The quantitative estimate of drug-likeness (QED) is 0.687. The monoisotopic (exact) mass is 204 g/mol. The van der Waals surface area contributed by atoms with Gasteiger partial charge in [-0.25, -0.2) is 0 Å². The van der Waals surface area contributed by atoms with Crippen molar-refractivity contribution in [1.82, 2.24) is 9.78 Å². The van der Waals surface area contributed by atoms with Crippen molar-refractivity contribution in [2.45, 2.75) is 32.0 Å². The van der Waals surface area contributed by atoms with E-state index in [2.05, 4.69) is 5.10 Å². The average molecular weight is 204 g/mol. The average Bonchev–Trinajstić information content (AvgIpc) is 2.28. The van der Waals surface area contributed by atoms with E-state index in [0.29, 0.717) is 0 Å². The molecule has 1 saturated carbocycles. The van der Waals surface area contributed by atoms with E-state index in [0.717, 1.165) is 5.56 Å². The van der Waals surface area contributed by atoms with Crippen molar-refractivity contribution in [2.24, 2.45) is 5.92 Å². The van der Waals surface area contributed by atoms with Crippen molar-refractivity contribution in [2.75, 3.05) is 0 Å². The fraction of sp³-hybridized carbons (Fsp3) is 0.667. The summed E-state index contributed by atoms with van der Waals surface area (Å²) >= 11 is 0. The Kier molecular flexibility index (Phi) is 2.05. The molecular weight excluding hydrogens is 193 g/mol. The van der Waals surface area contributed by atoms with Crippen LogP contribution in [0.4, 0.5) is 13.2 Å². The van der Waals surface area contributed by atoms with Crippen LogP contribution in [0, 0.1) is 12.8 Å². The molecule has 2 rings (SSSR count). The van der Waals surface area contributed by atoms with Gasteiger partial charge in [0.1, 0.15) is 0 Å². The number of halogens is 3. The molecule has 0 bridgehead atoms. The van der Waals surface area contributed by atoms with E-state index in [1.54, 1.807) is 17.1 Å². The summed E-state index contributed by atoms with van der Waals surface area (Å²) < 4.78 is 38.1. The second-order valence-corrected chi connectivity index (χ2v) is 3.86. The molecule has 0 saturated heterocycles. The normalized spacial score (nSPS) is 27.4. The van der Waals surface area contributed by atoms with E-state index in [1.165, 1.54) is 0 Å². The lowest BCUT2D eigenvalue weighted by Crippen LogP contribution is -2.37. The van der Waals surface area contributed by atoms with Gasteiger partial charge in [-0.3, -0.25) is 4.68 Å². The Morgan fingerprint density at radius 1 is 1.43 bits per heavy atom. The standard InChI is InChI=1S/C9H11F3N2/c1-6-4-13-14(5-6)8-2-7(3-8)9(10,11)12/h4-5,7-8H,2-3H2,1H3. The molecular formula is C9H11F3N2. The smallest absolute Gasteiger partial charge is 0.269 e. The highest BCUT2D eigenvalue weighted by atomic mass is 19.4. The van der Waals surface area contributed by atoms with E-state index in [1.807, 2.05) is 6.92 Å². The Hall–Kier alpha value is -1.00. The zero-order chi connectivity index (χ0) is 10.3. The SMILES string of the molecule is Cc1cnn(C2CC(C(F)(F)F)C2)c1. The summed E-state index contributed by atoms with van der Waals surface area (Å²) in [5, 5.41) is 4.00. The highest BCUT2D eigenvalue weighted by Gasteiger charge is 2.48. The molecule has 1 heterocycles. The first-order chi connectivity index (χ1) is 6.47. The van der Waals surface area contributed by atoms with Gasteiger partial charge < -0.3 is 0 Å². The van der Waals surface area contributed by atoms with E-state index < -0.39 is 12.1 Å². The molecule has 1 fully saturated rings. The van der Waals surface area contributed by atoms with Crippen LogP contribution in [-0.4, -0.2) is 16.0 Å². The lowest BCUT2D eigenvalue weighted by Gasteiger charge is -2.36. The molecule has 0 unspecified atom stereocenters. The van der Waals surface area contributed by atoms with Gasteiger partial charge in [0.05, 0.1) is 18.2 Å². The lowest BCUT2D eigenvalue weighted by molar-refractivity contribution is -0.203. The first-order valence-electron chi connectivity index (χ1n) is 4.54. The van der Waals surface area contributed by atoms with Gasteiger partial charge in [0.2, 0.25) is 0 Å². The summed E-state index contributed by atoms with van der Waals surface area (Å²) in [7, 11) is 0. The van der Waals surface area contributed by atoms with Crippen LogP contribution < -0.4 is 0 Å². The van der Waals surface area contributed by atoms with Crippen LogP contribution in [0.15, 0.2) is 12.4 Å². The molecule has 1 aromatic heterocycles. The maximum Gasteiger partial charge on any atom is 0.391 e. The minimum atomic E-state index is -4.03. The van der Waals surface area contributed by atoms with E-state index in [-0.39, 0.29) is 18.9 Å². The summed E-state index contributed by atoms with van der Waals surface area (Å²) in [6.07, 6.45) is -0.230. The summed E-state index contributed by atoms with van der Waals surface area (Å²) in [5.74, 6) is -1.13.